The fourth-order valence-electron chi connectivity index (χ4n) is 1.42. The van der Waals surface area contributed by atoms with Crippen LogP contribution in [-0.4, -0.2) is 6.29 Å². The molecule has 0 fully saturated rings. The highest BCUT2D eigenvalue weighted by Gasteiger charge is 2.07. The summed E-state index contributed by atoms with van der Waals surface area (Å²) in [4.78, 5) is 12.3. The average Bonchev–Trinajstić information content (AvgIpc) is 2.30. The van der Waals surface area contributed by atoms with Gasteiger partial charge in [-0.1, -0.05) is 35.0 Å². The number of hydrogen-bond donors (Lipinski definition) is 0. The second-order valence-corrected chi connectivity index (χ2v) is 5.50. The molecule has 5 heteroatoms. The van der Waals surface area contributed by atoms with Crippen LogP contribution in [0.5, 0.6) is 0 Å². The van der Waals surface area contributed by atoms with Crippen LogP contribution < -0.4 is 0 Å². The van der Waals surface area contributed by atoms with Crippen molar-refractivity contribution in [1.29, 1.82) is 0 Å². The second-order valence-electron chi connectivity index (χ2n) is 3.51. The van der Waals surface area contributed by atoms with E-state index in [9.17, 15) is 9.18 Å². The van der Waals surface area contributed by atoms with Crippen molar-refractivity contribution in [2.24, 2.45) is 0 Å². The maximum Gasteiger partial charge on any atom is 0.151 e. The van der Waals surface area contributed by atoms with Gasteiger partial charge in [-0.15, -0.1) is 0 Å². The van der Waals surface area contributed by atoms with E-state index in [0.717, 1.165) is 4.90 Å². The van der Waals surface area contributed by atoms with Gasteiger partial charge in [-0.3, -0.25) is 4.79 Å². The van der Waals surface area contributed by atoms with Crippen LogP contribution in [0.4, 0.5) is 4.39 Å². The molecule has 92 valence electrons. The molecule has 0 aliphatic heterocycles. The highest BCUT2D eigenvalue weighted by molar-refractivity contribution is 7.99. The van der Waals surface area contributed by atoms with Crippen molar-refractivity contribution in [2.45, 2.75) is 9.79 Å². The Hall–Kier alpha value is -1.03. The van der Waals surface area contributed by atoms with Gasteiger partial charge in [0.05, 0.1) is 0 Å². The minimum Gasteiger partial charge on any atom is -0.298 e. The molecule has 0 spiro atoms. The van der Waals surface area contributed by atoms with Crippen LogP contribution in [0, 0.1) is 5.82 Å². The summed E-state index contributed by atoms with van der Waals surface area (Å²) < 4.78 is 13.0. The molecule has 0 radical (unpaired) electrons. The number of halogens is 3. The van der Waals surface area contributed by atoms with Crippen molar-refractivity contribution in [2.75, 3.05) is 0 Å². The van der Waals surface area contributed by atoms with E-state index in [2.05, 4.69) is 0 Å². The summed E-state index contributed by atoms with van der Waals surface area (Å²) >= 11 is 13.1. The van der Waals surface area contributed by atoms with Crippen molar-refractivity contribution in [3.63, 3.8) is 0 Å². The van der Waals surface area contributed by atoms with E-state index < -0.39 is 5.82 Å². The fourth-order valence-corrected chi connectivity index (χ4v) is 3.06. The highest BCUT2D eigenvalue weighted by Crippen LogP contribution is 2.33. The molecule has 0 aliphatic carbocycles. The summed E-state index contributed by atoms with van der Waals surface area (Å²) in [5, 5.41) is 1.03. The van der Waals surface area contributed by atoms with Crippen LogP contribution in [0.15, 0.2) is 46.2 Å². The molecule has 0 atom stereocenters. The van der Waals surface area contributed by atoms with Crippen LogP contribution in [0.1, 0.15) is 10.4 Å². The van der Waals surface area contributed by atoms with E-state index in [0.29, 0.717) is 26.8 Å². The SMILES string of the molecule is O=Cc1cc(F)ccc1Sc1cc(Cl)cc(Cl)c1. The molecule has 0 aliphatic rings. The maximum absolute atomic E-state index is 13.0. The Morgan fingerprint density at radius 3 is 2.33 bits per heavy atom. The monoisotopic (exact) mass is 300 g/mol. The predicted molar refractivity (Wildman–Crippen MR) is 72.4 cm³/mol. The van der Waals surface area contributed by atoms with E-state index in [4.69, 9.17) is 23.2 Å². The molecule has 18 heavy (non-hydrogen) atoms. The first-order valence-corrected chi connectivity index (χ1v) is 6.54. The summed E-state index contributed by atoms with van der Waals surface area (Å²) in [6.45, 7) is 0. The smallest absolute Gasteiger partial charge is 0.151 e. The normalized spacial score (nSPS) is 10.4. The minimum atomic E-state index is -0.439. The molecule has 0 saturated heterocycles. The molecule has 0 amide bonds. The molecular formula is C13H7Cl2FOS. The summed E-state index contributed by atoms with van der Waals surface area (Å²) in [5.74, 6) is -0.439. The largest absolute Gasteiger partial charge is 0.298 e. The molecule has 2 rings (SSSR count). The molecule has 2 aromatic rings. The summed E-state index contributed by atoms with van der Waals surface area (Å²) in [6.07, 6.45) is 0.623. The van der Waals surface area contributed by atoms with Crippen LogP contribution in [0.3, 0.4) is 0 Å². The lowest BCUT2D eigenvalue weighted by Crippen LogP contribution is -1.87. The van der Waals surface area contributed by atoms with Gasteiger partial charge in [0.2, 0.25) is 0 Å². The third kappa shape index (κ3) is 3.25. The maximum atomic E-state index is 13.0. The van der Waals surface area contributed by atoms with Gasteiger partial charge >= 0.3 is 0 Å². The van der Waals surface area contributed by atoms with Gasteiger partial charge in [0, 0.05) is 25.4 Å². The molecule has 0 saturated carbocycles. The number of aldehydes is 1. The molecule has 1 nitrogen and oxygen atoms in total. The zero-order chi connectivity index (χ0) is 13.1. The summed E-state index contributed by atoms with van der Waals surface area (Å²) in [7, 11) is 0. The lowest BCUT2D eigenvalue weighted by atomic mass is 10.2. The number of benzene rings is 2. The zero-order valence-corrected chi connectivity index (χ0v) is 11.3. The topological polar surface area (TPSA) is 17.1 Å². The van der Waals surface area contributed by atoms with E-state index in [1.165, 1.54) is 23.9 Å². The van der Waals surface area contributed by atoms with E-state index >= 15 is 0 Å². The predicted octanol–water partition coefficient (Wildman–Crippen LogP) is 5.10. The Balaban J connectivity index is 2.36. The Labute approximate surface area is 118 Å². The van der Waals surface area contributed by atoms with Crippen LogP contribution in [-0.2, 0) is 0 Å². The van der Waals surface area contributed by atoms with Crippen molar-refractivity contribution >= 4 is 41.2 Å². The molecule has 2 aromatic carbocycles. The Morgan fingerprint density at radius 2 is 1.72 bits per heavy atom. The number of hydrogen-bond acceptors (Lipinski definition) is 2. The van der Waals surface area contributed by atoms with Gasteiger partial charge < -0.3 is 0 Å². The lowest BCUT2D eigenvalue weighted by molar-refractivity contribution is 0.112. The van der Waals surface area contributed by atoms with Crippen molar-refractivity contribution < 1.29 is 9.18 Å². The lowest BCUT2D eigenvalue weighted by Gasteiger charge is -2.06. The first kappa shape index (κ1) is 13.4. The Kier molecular flexibility index (Phi) is 4.27. The van der Waals surface area contributed by atoms with Gasteiger partial charge in [0.15, 0.2) is 6.29 Å². The number of carbonyl (C=O) groups excluding carboxylic acids is 1. The second kappa shape index (κ2) is 5.74. The molecule has 0 N–H and O–H groups in total. The van der Waals surface area contributed by atoms with Gasteiger partial charge in [0.25, 0.3) is 0 Å². The molecule has 0 heterocycles. The molecule has 0 bridgehead atoms. The van der Waals surface area contributed by atoms with E-state index in [1.54, 1.807) is 24.3 Å². The molecule has 0 unspecified atom stereocenters. The van der Waals surface area contributed by atoms with E-state index in [1.807, 2.05) is 0 Å². The van der Waals surface area contributed by atoms with Gasteiger partial charge in [-0.05, 0) is 36.4 Å². The number of rotatable bonds is 3. The van der Waals surface area contributed by atoms with Gasteiger partial charge in [-0.25, -0.2) is 4.39 Å². The van der Waals surface area contributed by atoms with Crippen LogP contribution >= 0.6 is 35.0 Å². The summed E-state index contributed by atoms with van der Waals surface area (Å²) in [5.41, 5.74) is 0.302. The molecule has 0 aromatic heterocycles. The first-order chi connectivity index (χ1) is 8.58. The van der Waals surface area contributed by atoms with Crippen LogP contribution in [0.2, 0.25) is 10.0 Å². The first-order valence-electron chi connectivity index (χ1n) is 4.97. The Morgan fingerprint density at radius 1 is 1.06 bits per heavy atom. The minimum absolute atomic E-state index is 0.302. The van der Waals surface area contributed by atoms with Crippen molar-refractivity contribution in [3.05, 3.63) is 57.8 Å². The van der Waals surface area contributed by atoms with E-state index in [-0.39, 0.29) is 0 Å². The standard InChI is InChI=1S/C13H7Cl2FOS/c14-9-4-10(15)6-12(5-9)18-13-2-1-11(16)3-8(13)7-17/h1-7H. The van der Waals surface area contributed by atoms with Gasteiger partial charge in [-0.2, -0.15) is 0 Å². The van der Waals surface area contributed by atoms with Crippen molar-refractivity contribution in [1.82, 2.24) is 0 Å². The Bertz CT molecular complexity index is 581. The zero-order valence-electron chi connectivity index (χ0n) is 8.99. The third-order valence-electron chi connectivity index (χ3n) is 2.16. The average molecular weight is 301 g/mol. The third-order valence-corrected chi connectivity index (χ3v) is 3.66. The fraction of sp³-hybridized carbons (Fsp3) is 0. The number of carbonyl (C=O) groups is 1. The van der Waals surface area contributed by atoms with Crippen molar-refractivity contribution in [3.8, 4) is 0 Å². The quantitative estimate of drug-likeness (QED) is 0.734. The van der Waals surface area contributed by atoms with Crippen LogP contribution in [0.25, 0.3) is 0 Å². The van der Waals surface area contributed by atoms with Gasteiger partial charge in [0.1, 0.15) is 5.82 Å². The highest BCUT2D eigenvalue weighted by atomic mass is 35.5. The summed E-state index contributed by atoms with van der Waals surface area (Å²) in [6, 6.07) is 9.14. The molecular weight excluding hydrogens is 294 g/mol.